The van der Waals surface area contributed by atoms with E-state index in [0.717, 1.165) is 24.9 Å². The Labute approximate surface area is 184 Å². The highest BCUT2D eigenvalue weighted by Gasteiger charge is 2.25. The predicted molar refractivity (Wildman–Crippen MR) is 118 cm³/mol. The van der Waals surface area contributed by atoms with Gasteiger partial charge in [0.15, 0.2) is 0 Å². The second-order valence-corrected chi connectivity index (χ2v) is 9.66. The number of amides is 1. The number of furan rings is 1. The molecule has 2 heterocycles. The number of carbonyl (C=O) groups excluding carboxylic acids is 1. The van der Waals surface area contributed by atoms with E-state index in [0.29, 0.717) is 45.0 Å². The maximum absolute atomic E-state index is 13.1. The molecule has 0 aliphatic carbocycles. The van der Waals surface area contributed by atoms with E-state index in [1.54, 1.807) is 17.2 Å². The third kappa shape index (κ3) is 7.77. The molecule has 1 fully saturated rings. The standard InChI is InChI=1S/C22H31N3O5S/c1-31(27,28)25(12-11-23-13-16-29-17-14-23)19-22(26)24(18-21-8-5-15-30-21)10-9-20-6-3-2-4-7-20/h2-8,15H,9-14,16-19H2,1H3. The van der Waals surface area contributed by atoms with E-state index in [1.165, 1.54) is 4.31 Å². The molecule has 0 N–H and O–H groups in total. The number of hydrogen-bond acceptors (Lipinski definition) is 6. The van der Waals surface area contributed by atoms with Crippen LogP contribution in [-0.4, -0.2) is 87.2 Å². The Morgan fingerprint density at radius 3 is 2.45 bits per heavy atom. The lowest BCUT2D eigenvalue weighted by atomic mass is 10.1. The van der Waals surface area contributed by atoms with Gasteiger partial charge >= 0.3 is 0 Å². The van der Waals surface area contributed by atoms with E-state index in [1.807, 2.05) is 36.4 Å². The minimum atomic E-state index is -3.52. The molecule has 1 aromatic carbocycles. The van der Waals surface area contributed by atoms with Gasteiger partial charge in [0.25, 0.3) is 0 Å². The van der Waals surface area contributed by atoms with Gasteiger partial charge in [-0.1, -0.05) is 30.3 Å². The molecular formula is C22H31N3O5S. The molecule has 1 aromatic heterocycles. The van der Waals surface area contributed by atoms with Gasteiger partial charge in [0, 0.05) is 32.7 Å². The van der Waals surface area contributed by atoms with Gasteiger partial charge in [-0.3, -0.25) is 9.69 Å². The summed E-state index contributed by atoms with van der Waals surface area (Å²) in [6, 6.07) is 13.5. The molecule has 1 saturated heterocycles. The van der Waals surface area contributed by atoms with Crippen LogP contribution in [0.25, 0.3) is 0 Å². The first kappa shape index (κ1) is 23.5. The summed E-state index contributed by atoms with van der Waals surface area (Å²) < 4.78 is 36.7. The molecule has 0 radical (unpaired) electrons. The van der Waals surface area contributed by atoms with Crippen LogP contribution >= 0.6 is 0 Å². The van der Waals surface area contributed by atoms with Crippen LogP contribution in [0.1, 0.15) is 11.3 Å². The van der Waals surface area contributed by atoms with Crippen LogP contribution in [0, 0.1) is 0 Å². The van der Waals surface area contributed by atoms with Crippen LogP contribution in [0.5, 0.6) is 0 Å². The van der Waals surface area contributed by atoms with E-state index < -0.39 is 10.0 Å². The second-order valence-electron chi connectivity index (χ2n) is 7.68. The van der Waals surface area contributed by atoms with E-state index in [2.05, 4.69) is 4.90 Å². The van der Waals surface area contributed by atoms with Gasteiger partial charge in [0.2, 0.25) is 15.9 Å². The van der Waals surface area contributed by atoms with Crippen LogP contribution in [-0.2, 0) is 32.5 Å². The summed E-state index contributed by atoms with van der Waals surface area (Å²) in [5.74, 6) is 0.431. The topological polar surface area (TPSA) is 83.3 Å². The van der Waals surface area contributed by atoms with Crippen molar-refractivity contribution < 1.29 is 22.4 Å². The Hall–Kier alpha value is -2.20. The van der Waals surface area contributed by atoms with Crippen molar-refractivity contribution in [3.63, 3.8) is 0 Å². The minimum Gasteiger partial charge on any atom is -0.467 e. The minimum absolute atomic E-state index is 0.182. The average Bonchev–Trinajstić information content (AvgIpc) is 3.28. The largest absolute Gasteiger partial charge is 0.467 e. The first-order chi connectivity index (χ1) is 14.9. The quantitative estimate of drug-likeness (QED) is 0.516. The number of rotatable bonds is 11. The molecule has 1 aliphatic heterocycles. The van der Waals surface area contributed by atoms with Gasteiger partial charge in [-0.25, -0.2) is 8.42 Å². The van der Waals surface area contributed by atoms with E-state index >= 15 is 0 Å². The van der Waals surface area contributed by atoms with Gasteiger partial charge in [0.1, 0.15) is 5.76 Å². The van der Waals surface area contributed by atoms with Crippen LogP contribution in [0.4, 0.5) is 0 Å². The smallest absolute Gasteiger partial charge is 0.238 e. The van der Waals surface area contributed by atoms with Crippen molar-refractivity contribution in [1.29, 1.82) is 0 Å². The summed E-state index contributed by atoms with van der Waals surface area (Å²) >= 11 is 0. The molecule has 31 heavy (non-hydrogen) atoms. The van der Waals surface area contributed by atoms with E-state index in [9.17, 15) is 13.2 Å². The zero-order valence-corrected chi connectivity index (χ0v) is 18.8. The number of carbonyl (C=O) groups is 1. The van der Waals surface area contributed by atoms with E-state index in [4.69, 9.17) is 9.15 Å². The van der Waals surface area contributed by atoms with Crippen molar-refractivity contribution in [2.75, 3.05) is 58.7 Å². The maximum atomic E-state index is 13.1. The van der Waals surface area contributed by atoms with Gasteiger partial charge < -0.3 is 14.1 Å². The van der Waals surface area contributed by atoms with Crippen molar-refractivity contribution in [3.8, 4) is 0 Å². The van der Waals surface area contributed by atoms with Crippen LogP contribution in [0.2, 0.25) is 0 Å². The molecule has 0 bridgehead atoms. The Morgan fingerprint density at radius 1 is 1.06 bits per heavy atom. The number of ether oxygens (including phenoxy) is 1. The van der Waals surface area contributed by atoms with Crippen LogP contribution in [0.15, 0.2) is 53.1 Å². The molecule has 1 aliphatic rings. The normalized spacial score (nSPS) is 15.3. The SMILES string of the molecule is CS(=O)(=O)N(CCN1CCOCC1)CC(=O)N(CCc1ccccc1)Cc1ccco1. The zero-order valence-electron chi connectivity index (χ0n) is 18.0. The van der Waals surface area contributed by atoms with Gasteiger partial charge in [0.05, 0.1) is 38.8 Å². The monoisotopic (exact) mass is 449 g/mol. The second kappa shape index (κ2) is 11.4. The van der Waals surface area contributed by atoms with Crippen molar-refractivity contribution in [1.82, 2.24) is 14.1 Å². The number of sulfonamides is 1. The van der Waals surface area contributed by atoms with Gasteiger partial charge in [-0.05, 0) is 24.1 Å². The molecule has 1 amide bonds. The van der Waals surface area contributed by atoms with Crippen LogP contribution in [0.3, 0.4) is 0 Å². The summed E-state index contributed by atoms with van der Waals surface area (Å²) in [5, 5.41) is 0. The summed E-state index contributed by atoms with van der Waals surface area (Å²) in [6.45, 7) is 4.29. The molecule has 2 aromatic rings. The number of hydrogen-bond donors (Lipinski definition) is 0. The first-order valence-electron chi connectivity index (χ1n) is 10.5. The van der Waals surface area contributed by atoms with Crippen molar-refractivity contribution in [2.45, 2.75) is 13.0 Å². The highest BCUT2D eigenvalue weighted by molar-refractivity contribution is 7.88. The lowest BCUT2D eigenvalue weighted by molar-refractivity contribution is -0.132. The Kier molecular flexibility index (Phi) is 8.65. The molecular weight excluding hydrogens is 418 g/mol. The van der Waals surface area contributed by atoms with E-state index in [-0.39, 0.29) is 19.0 Å². The Morgan fingerprint density at radius 2 is 1.81 bits per heavy atom. The fourth-order valence-corrected chi connectivity index (χ4v) is 4.24. The molecule has 3 rings (SSSR count). The maximum Gasteiger partial charge on any atom is 0.238 e. The van der Waals surface area contributed by atoms with Crippen molar-refractivity contribution in [2.24, 2.45) is 0 Å². The molecule has 170 valence electrons. The molecule has 8 nitrogen and oxygen atoms in total. The summed E-state index contributed by atoms with van der Waals surface area (Å²) in [5.41, 5.74) is 1.12. The van der Waals surface area contributed by atoms with Crippen LogP contribution < -0.4 is 0 Å². The van der Waals surface area contributed by atoms with Gasteiger partial charge in [-0.15, -0.1) is 0 Å². The molecule has 0 spiro atoms. The Balaban J connectivity index is 1.64. The summed E-state index contributed by atoms with van der Waals surface area (Å²) in [7, 11) is -3.52. The fourth-order valence-electron chi connectivity index (χ4n) is 3.48. The lowest BCUT2D eigenvalue weighted by Gasteiger charge is -2.30. The first-order valence-corrected chi connectivity index (χ1v) is 12.4. The van der Waals surface area contributed by atoms with Crippen molar-refractivity contribution in [3.05, 3.63) is 60.1 Å². The average molecular weight is 450 g/mol. The lowest BCUT2D eigenvalue weighted by Crippen LogP contribution is -2.47. The molecule has 0 atom stereocenters. The highest BCUT2D eigenvalue weighted by atomic mass is 32.2. The Bertz CT molecular complexity index is 896. The fraction of sp³-hybridized carbons (Fsp3) is 0.500. The molecule has 9 heteroatoms. The third-order valence-corrected chi connectivity index (χ3v) is 6.59. The molecule has 0 saturated carbocycles. The zero-order chi connectivity index (χ0) is 22.1. The summed E-state index contributed by atoms with van der Waals surface area (Å²) in [6.07, 6.45) is 3.40. The third-order valence-electron chi connectivity index (χ3n) is 5.34. The van der Waals surface area contributed by atoms with Crippen molar-refractivity contribution >= 4 is 15.9 Å². The number of morpholine rings is 1. The number of nitrogens with zero attached hydrogens (tertiary/aromatic N) is 3. The molecule has 0 unspecified atom stereocenters. The summed E-state index contributed by atoms with van der Waals surface area (Å²) in [4.78, 5) is 17.0. The van der Waals surface area contributed by atoms with Gasteiger partial charge in [-0.2, -0.15) is 4.31 Å². The predicted octanol–water partition coefficient (Wildman–Crippen LogP) is 1.44. The number of benzene rings is 1. The highest BCUT2D eigenvalue weighted by Crippen LogP contribution is 2.10.